The standard InChI is InChI=1S/C11H21N3O/c1-8(5-11(15)13-12)14-6-9-3-2-4-10(9)7-14/h8-10H,2-7,12H2,1H3,(H,13,15). The van der Waals surface area contributed by atoms with Crippen LogP contribution in [0.15, 0.2) is 0 Å². The fraction of sp³-hybridized carbons (Fsp3) is 0.909. The van der Waals surface area contributed by atoms with Crippen molar-refractivity contribution in [3.05, 3.63) is 0 Å². The van der Waals surface area contributed by atoms with Crippen molar-refractivity contribution in [2.75, 3.05) is 13.1 Å². The van der Waals surface area contributed by atoms with Crippen molar-refractivity contribution >= 4 is 5.91 Å². The van der Waals surface area contributed by atoms with Gasteiger partial charge in [-0.2, -0.15) is 0 Å². The minimum absolute atomic E-state index is 0.0560. The van der Waals surface area contributed by atoms with Gasteiger partial charge in [0.15, 0.2) is 0 Å². The minimum Gasteiger partial charge on any atom is -0.300 e. The van der Waals surface area contributed by atoms with Gasteiger partial charge in [-0.1, -0.05) is 6.42 Å². The van der Waals surface area contributed by atoms with E-state index < -0.39 is 0 Å². The van der Waals surface area contributed by atoms with Crippen LogP contribution in [0.5, 0.6) is 0 Å². The lowest BCUT2D eigenvalue weighted by Crippen LogP contribution is -2.39. The van der Waals surface area contributed by atoms with Crippen LogP contribution < -0.4 is 11.3 Å². The maximum Gasteiger partial charge on any atom is 0.235 e. The average molecular weight is 211 g/mol. The van der Waals surface area contributed by atoms with Crippen LogP contribution in [0, 0.1) is 11.8 Å². The molecule has 0 bridgehead atoms. The van der Waals surface area contributed by atoms with Crippen molar-refractivity contribution in [1.29, 1.82) is 0 Å². The van der Waals surface area contributed by atoms with Crippen molar-refractivity contribution in [3.63, 3.8) is 0 Å². The molecule has 0 aromatic rings. The molecule has 1 amide bonds. The molecular weight excluding hydrogens is 190 g/mol. The second kappa shape index (κ2) is 4.49. The summed E-state index contributed by atoms with van der Waals surface area (Å²) >= 11 is 0. The van der Waals surface area contributed by atoms with Gasteiger partial charge in [-0.3, -0.25) is 15.1 Å². The monoisotopic (exact) mass is 211 g/mol. The highest BCUT2D eigenvalue weighted by Crippen LogP contribution is 2.38. The lowest BCUT2D eigenvalue weighted by Gasteiger charge is -2.24. The summed E-state index contributed by atoms with van der Waals surface area (Å²) in [6, 6.07) is 0.333. The first kappa shape index (κ1) is 10.9. The lowest BCUT2D eigenvalue weighted by atomic mass is 10.0. The molecule has 1 saturated carbocycles. The van der Waals surface area contributed by atoms with Crippen LogP contribution >= 0.6 is 0 Å². The number of amides is 1. The molecular formula is C11H21N3O. The maximum absolute atomic E-state index is 11.2. The van der Waals surface area contributed by atoms with Gasteiger partial charge < -0.3 is 0 Å². The molecule has 2 aliphatic rings. The number of hydrogen-bond acceptors (Lipinski definition) is 3. The fourth-order valence-electron chi connectivity index (χ4n) is 3.09. The number of likely N-dealkylation sites (tertiary alicyclic amines) is 1. The minimum atomic E-state index is -0.0560. The van der Waals surface area contributed by atoms with Crippen LogP contribution in [-0.4, -0.2) is 29.9 Å². The number of carbonyl (C=O) groups excluding carboxylic acids is 1. The number of nitrogens with zero attached hydrogens (tertiary/aromatic N) is 1. The third-order valence-corrected chi connectivity index (χ3v) is 4.02. The van der Waals surface area contributed by atoms with Crippen LogP contribution in [0.2, 0.25) is 0 Å². The SMILES string of the molecule is CC(CC(=O)NN)N1CC2CCCC2C1. The van der Waals surface area contributed by atoms with E-state index in [-0.39, 0.29) is 5.91 Å². The Hall–Kier alpha value is -0.610. The summed E-state index contributed by atoms with van der Waals surface area (Å²) in [6.07, 6.45) is 4.70. The number of hydrazine groups is 1. The second-order valence-electron chi connectivity index (χ2n) is 5.03. The molecule has 1 heterocycles. The Kier molecular flexibility index (Phi) is 3.26. The van der Waals surface area contributed by atoms with Crippen molar-refractivity contribution in [2.24, 2.45) is 17.7 Å². The first-order valence-corrected chi connectivity index (χ1v) is 5.94. The molecule has 1 saturated heterocycles. The third kappa shape index (κ3) is 2.32. The number of carbonyl (C=O) groups is 1. The maximum atomic E-state index is 11.2. The highest BCUT2D eigenvalue weighted by atomic mass is 16.2. The molecule has 3 unspecified atom stereocenters. The molecule has 2 fully saturated rings. The van der Waals surface area contributed by atoms with Gasteiger partial charge >= 0.3 is 0 Å². The zero-order chi connectivity index (χ0) is 10.8. The molecule has 0 aromatic heterocycles. The van der Waals surface area contributed by atoms with E-state index in [1.807, 2.05) is 0 Å². The van der Waals surface area contributed by atoms with Crippen LogP contribution in [0.4, 0.5) is 0 Å². The summed E-state index contributed by atoms with van der Waals surface area (Å²) in [6.45, 7) is 4.49. The Morgan fingerprint density at radius 1 is 1.47 bits per heavy atom. The van der Waals surface area contributed by atoms with Crippen molar-refractivity contribution in [1.82, 2.24) is 10.3 Å². The number of nitrogens with one attached hydrogen (secondary N) is 1. The molecule has 0 radical (unpaired) electrons. The Balaban J connectivity index is 1.82. The molecule has 4 nitrogen and oxygen atoms in total. The van der Waals surface area contributed by atoms with Crippen LogP contribution in [0.1, 0.15) is 32.6 Å². The molecule has 2 rings (SSSR count). The molecule has 3 N–H and O–H groups in total. The smallest absolute Gasteiger partial charge is 0.235 e. The topological polar surface area (TPSA) is 58.4 Å². The second-order valence-corrected chi connectivity index (χ2v) is 5.03. The third-order valence-electron chi connectivity index (χ3n) is 4.02. The summed E-state index contributed by atoms with van der Waals surface area (Å²) in [5.41, 5.74) is 2.20. The van der Waals surface area contributed by atoms with Crippen LogP contribution in [-0.2, 0) is 4.79 Å². The lowest BCUT2D eigenvalue weighted by molar-refractivity contribution is -0.122. The predicted octanol–water partition coefficient (Wildman–Crippen LogP) is 0.487. The molecule has 15 heavy (non-hydrogen) atoms. The van der Waals surface area contributed by atoms with Crippen molar-refractivity contribution < 1.29 is 4.79 Å². The highest BCUT2D eigenvalue weighted by molar-refractivity contribution is 5.75. The largest absolute Gasteiger partial charge is 0.300 e. The average Bonchev–Trinajstić information content (AvgIpc) is 2.76. The van der Waals surface area contributed by atoms with Crippen molar-refractivity contribution in [2.45, 2.75) is 38.6 Å². The Bertz CT molecular complexity index is 232. The molecule has 4 heteroatoms. The van der Waals surface area contributed by atoms with Gasteiger partial charge in [-0.15, -0.1) is 0 Å². The van der Waals surface area contributed by atoms with Gasteiger partial charge in [0.2, 0.25) is 5.91 Å². The number of nitrogens with two attached hydrogens (primary N) is 1. The van der Waals surface area contributed by atoms with Gasteiger partial charge in [0.25, 0.3) is 0 Å². The van der Waals surface area contributed by atoms with E-state index in [2.05, 4.69) is 17.2 Å². The summed E-state index contributed by atoms with van der Waals surface area (Å²) in [5.74, 6) is 6.83. The van der Waals surface area contributed by atoms with Gasteiger partial charge in [-0.25, -0.2) is 5.84 Å². The Morgan fingerprint density at radius 2 is 2.07 bits per heavy atom. The Labute approximate surface area is 91.2 Å². The van der Waals surface area contributed by atoms with Gasteiger partial charge in [0.1, 0.15) is 0 Å². The van der Waals surface area contributed by atoms with Gasteiger partial charge in [0, 0.05) is 25.6 Å². The normalized spacial score (nSPS) is 32.7. The Morgan fingerprint density at radius 3 is 2.60 bits per heavy atom. The zero-order valence-electron chi connectivity index (χ0n) is 9.41. The fourth-order valence-corrected chi connectivity index (χ4v) is 3.09. The summed E-state index contributed by atoms with van der Waals surface area (Å²) < 4.78 is 0. The van der Waals surface area contributed by atoms with Gasteiger partial charge in [-0.05, 0) is 31.6 Å². The number of hydrogen-bond donors (Lipinski definition) is 2. The summed E-state index contributed by atoms with van der Waals surface area (Å²) in [4.78, 5) is 13.6. The molecule has 0 spiro atoms. The number of fused-ring (bicyclic) bond motifs is 1. The van der Waals surface area contributed by atoms with E-state index in [0.717, 1.165) is 11.8 Å². The van der Waals surface area contributed by atoms with Crippen LogP contribution in [0.25, 0.3) is 0 Å². The predicted molar refractivity (Wildman–Crippen MR) is 58.8 cm³/mol. The van der Waals surface area contributed by atoms with Gasteiger partial charge in [0.05, 0.1) is 0 Å². The van der Waals surface area contributed by atoms with E-state index in [4.69, 9.17) is 5.84 Å². The molecule has 3 atom stereocenters. The molecule has 0 aromatic carbocycles. The summed E-state index contributed by atoms with van der Waals surface area (Å²) in [7, 11) is 0. The van der Waals surface area contributed by atoms with Crippen LogP contribution in [0.3, 0.4) is 0 Å². The molecule has 86 valence electrons. The molecule has 1 aliphatic carbocycles. The quantitative estimate of drug-likeness (QED) is 0.406. The number of rotatable bonds is 3. The molecule has 1 aliphatic heterocycles. The van der Waals surface area contributed by atoms with Crippen molar-refractivity contribution in [3.8, 4) is 0 Å². The first-order valence-electron chi connectivity index (χ1n) is 5.94. The highest BCUT2D eigenvalue weighted by Gasteiger charge is 2.37. The first-order chi connectivity index (χ1) is 7.20. The van der Waals surface area contributed by atoms with E-state index in [9.17, 15) is 4.79 Å². The van der Waals surface area contributed by atoms with E-state index >= 15 is 0 Å². The van der Waals surface area contributed by atoms with E-state index in [1.165, 1.54) is 32.4 Å². The summed E-state index contributed by atoms with van der Waals surface area (Å²) in [5, 5.41) is 0. The zero-order valence-corrected chi connectivity index (χ0v) is 9.41. The van der Waals surface area contributed by atoms with E-state index in [1.54, 1.807) is 0 Å². The van der Waals surface area contributed by atoms with E-state index in [0.29, 0.717) is 12.5 Å².